The largest absolute Gasteiger partial charge is 0.353 e. The lowest BCUT2D eigenvalue weighted by molar-refractivity contribution is -0.119. The number of rotatable bonds is 9. The van der Waals surface area contributed by atoms with Crippen molar-refractivity contribution in [2.45, 2.75) is 50.4 Å². The van der Waals surface area contributed by atoms with E-state index in [0.29, 0.717) is 21.3 Å². The van der Waals surface area contributed by atoms with Gasteiger partial charge < -0.3 is 5.32 Å². The third-order valence-electron chi connectivity index (χ3n) is 3.75. The van der Waals surface area contributed by atoms with Crippen LogP contribution in [0.15, 0.2) is 28.6 Å². The first-order valence-corrected chi connectivity index (χ1v) is 10.8. The van der Waals surface area contributed by atoms with Crippen LogP contribution in [0.5, 0.6) is 0 Å². The molecule has 0 spiro atoms. The quantitative estimate of drug-likeness (QED) is 0.452. The van der Waals surface area contributed by atoms with Gasteiger partial charge in [0.25, 0.3) is 0 Å². The maximum absolute atomic E-state index is 13.0. The second-order valence-electron chi connectivity index (χ2n) is 6.60. The van der Waals surface area contributed by atoms with Crippen molar-refractivity contribution in [1.82, 2.24) is 15.1 Å². The molecule has 1 aromatic heterocycles. The molecule has 0 fully saturated rings. The zero-order valence-corrected chi connectivity index (χ0v) is 17.6. The van der Waals surface area contributed by atoms with Crippen LogP contribution in [0, 0.1) is 15.7 Å². The number of aromatic nitrogens is 2. The molecule has 2 rings (SSSR count). The minimum atomic E-state index is -0.302. The zero-order valence-electron chi connectivity index (χ0n) is 15.2. The van der Waals surface area contributed by atoms with Crippen LogP contribution in [-0.4, -0.2) is 27.5 Å². The fourth-order valence-corrected chi connectivity index (χ4v) is 4.59. The maximum atomic E-state index is 13.0. The van der Waals surface area contributed by atoms with Gasteiger partial charge in [0.05, 0.1) is 11.4 Å². The number of benzene rings is 1. The molecule has 1 N–H and O–H groups in total. The maximum Gasteiger partial charge on any atom is 0.230 e. The van der Waals surface area contributed by atoms with Crippen molar-refractivity contribution in [2.24, 2.45) is 5.92 Å². The molecule has 0 unspecified atom stereocenters. The summed E-state index contributed by atoms with van der Waals surface area (Å²) in [5.74, 6) is 0.699. The number of carbonyl (C=O) groups excluding carboxylic acids is 1. The van der Waals surface area contributed by atoms with E-state index in [1.807, 2.05) is 6.92 Å². The van der Waals surface area contributed by atoms with E-state index in [-0.39, 0.29) is 17.8 Å². The molecule has 8 heteroatoms. The molecule has 0 saturated carbocycles. The van der Waals surface area contributed by atoms with Crippen LogP contribution in [-0.2, 0) is 4.79 Å². The standard InChI is InChI=1S/C18H24FN3OS3/c1-12(2)5-4-6-13(3)20-16(23)11-25-17-21-22(18(24)26-17)15-9-7-14(19)8-10-15/h7-10,12-13H,4-6,11H2,1-3H3,(H,20,23)/t13-/m0/s1. The van der Waals surface area contributed by atoms with Crippen molar-refractivity contribution in [3.63, 3.8) is 0 Å². The first-order chi connectivity index (χ1) is 12.3. The van der Waals surface area contributed by atoms with Crippen molar-refractivity contribution >= 4 is 41.2 Å². The summed E-state index contributed by atoms with van der Waals surface area (Å²) < 4.78 is 15.9. The fraction of sp³-hybridized carbons (Fsp3) is 0.500. The summed E-state index contributed by atoms with van der Waals surface area (Å²) >= 11 is 8.03. The SMILES string of the molecule is CC(C)CCC[C@H](C)NC(=O)CSc1nn(-c2ccc(F)cc2)c(=S)s1. The van der Waals surface area contributed by atoms with E-state index >= 15 is 0 Å². The smallest absolute Gasteiger partial charge is 0.230 e. The van der Waals surface area contributed by atoms with E-state index in [0.717, 1.165) is 17.2 Å². The van der Waals surface area contributed by atoms with Gasteiger partial charge in [-0.25, -0.2) is 9.07 Å². The highest BCUT2D eigenvalue weighted by Crippen LogP contribution is 2.24. The Labute approximate surface area is 167 Å². The lowest BCUT2D eigenvalue weighted by Gasteiger charge is -2.14. The minimum Gasteiger partial charge on any atom is -0.353 e. The van der Waals surface area contributed by atoms with Crippen LogP contribution in [0.25, 0.3) is 5.69 Å². The molecule has 0 radical (unpaired) electrons. The molecule has 1 heterocycles. The normalized spacial score (nSPS) is 12.3. The first-order valence-electron chi connectivity index (χ1n) is 8.63. The highest BCUT2D eigenvalue weighted by atomic mass is 32.2. The first kappa shape index (κ1) is 21.1. The summed E-state index contributed by atoms with van der Waals surface area (Å²) in [5, 5.41) is 7.45. The summed E-state index contributed by atoms with van der Waals surface area (Å²) in [6.45, 7) is 6.45. The van der Waals surface area contributed by atoms with Gasteiger partial charge >= 0.3 is 0 Å². The van der Waals surface area contributed by atoms with Gasteiger partial charge in [-0.05, 0) is 55.7 Å². The van der Waals surface area contributed by atoms with E-state index in [1.54, 1.807) is 16.8 Å². The van der Waals surface area contributed by atoms with Gasteiger partial charge in [0.15, 0.2) is 8.29 Å². The lowest BCUT2D eigenvalue weighted by Crippen LogP contribution is -2.33. The lowest BCUT2D eigenvalue weighted by atomic mass is 10.0. The average molecular weight is 414 g/mol. The number of hydrogen-bond donors (Lipinski definition) is 1. The van der Waals surface area contributed by atoms with Gasteiger partial charge in [0.1, 0.15) is 5.82 Å². The number of hydrogen-bond acceptors (Lipinski definition) is 5. The molecule has 0 saturated heterocycles. The van der Waals surface area contributed by atoms with Crippen molar-refractivity contribution in [3.8, 4) is 5.69 Å². The van der Waals surface area contributed by atoms with Crippen molar-refractivity contribution < 1.29 is 9.18 Å². The summed E-state index contributed by atoms with van der Waals surface area (Å²) in [7, 11) is 0. The van der Waals surface area contributed by atoms with Crippen molar-refractivity contribution in [3.05, 3.63) is 34.0 Å². The number of halogens is 1. The zero-order chi connectivity index (χ0) is 19.1. The second kappa shape index (κ2) is 10.2. The number of amides is 1. The minimum absolute atomic E-state index is 0.00139. The molecular formula is C18H24FN3OS3. The molecule has 4 nitrogen and oxygen atoms in total. The van der Waals surface area contributed by atoms with E-state index in [4.69, 9.17) is 12.2 Å². The molecule has 1 aromatic carbocycles. The number of thioether (sulfide) groups is 1. The molecule has 0 aliphatic heterocycles. The van der Waals surface area contributed by atoms with Gasteiger partial charge in [0, 0.05) is 6.04 Å². The molecule has 0 aliphatic carbocycles. The summed E-state index contributed by atoms with van der Waals surface area (Å²) in [6, 6.07) is 6.18. The van der Waals surface area contributed by atoms with E-state index in [9.17, 15) is 9.18 Å². The molecular weight excluding hydrogens is 389 g/mol. The van der Waals surface area contributed by atoms with Gasteiger partial charge in [-0.3, -0.25) is 4.79 Å². The second-order valence-corrected chi connectivity index (χ2v) is 9.45. The third-order valence-corrected chi connectivity index (χ3v) is 6.12. The molecule has 0 bridgehead atoms. The van der Waals surface area contributed by atoms with E-state index in [2.05, 4.69) is 24.3 Å². The van der Waals surface area contributed by atoms with Crippen molar-refractivity contribution in [2.75, 3.05) is 5.75 Å². The molecule has 0 aliphatic rings. The summed E-state index contributed by atoms with van der Waals surface area (Å²) in [6.07, 6.45) is 3.29. The fourth-order valence-electron chi connectivity index (χ4n) is 2.41. The Morgan fingerprint density at radius 2 is 2.00 bits per heavy atom. The summed E-state index contributed by atoms with van der Waals surface area (Å²) in [4.78, 5) is 12.1. The van der Waals surface area contributed by atoms with Crippen LogP contribution < -0.4 is 5.32 Å². The molecule has 2 aromatic rings. The topological polar surface area (TPSA) is 46.9 Å². The van der Waals surface area contributed by atoms with Gasteiger partial charge in [-0.15, -0.1) is 5.10 Å². The van der Waals surface area contributed by atoms with Crippen molar-refractivity contribution in [1.29, 1.82) is 0 Å². The third kappa shape index (κ3) is 6.81. The number of carbonyl (C=O) groups is 1. The van der Waals surface area contributed by atoms with E-state index in [1.165, 1.54) is 41.7 Å². The number of nitrogens with one attached hydrogen (secondary N) is 1. The van der Waals surface area contributed by atoms with Gasteiger partial charge in [0.2, 0.25) is 5.91 Å². The Balaban J connectivity index is 1.84. The van der Waals surface area contributed by atoms with E-state index < -0.39 is 0 Å². The van der Waals surface area contributed by atoms with Gasteiger partial charge in [-0.1, -0.05) is 49.8 Å². The summed E-state index contributed by atoms with van der Waals surface area (Å²) in [5.41, 5.74) is 0.711. The molecule has 1 atom stereocenters. The Hall–Kier alpha value is -1.25. The Bertz CT molecular complexity index is 771. The average Bonchev–Trinajstić information content (AvgIpc) is 2.94. The highest BCUT2D eigenvalue weighted by molar-refractivity contribution is 8.01. The van der Waals surface area contributed by atoms with Crippen LogP contribution in [0.2, 0.25) is 0 Å². The Morgan fingerprint density at radius 1 is 1.31 bits per heavy atom. The molecule has 1 amide bonds. The van der Waals surface area contributed by atoms with Crippen LogP contribution >= 0.6 is 35.3 Å². The van der Waals surface area contributed by atoms with Gasteiger partial charge in [-0.2, -0.15) is 0 Å². The Kier molecular flexibility index (Phi) is 8.24. The Morgan fingerprint density at radius 3 is 2.65 bits per heavy atom. The van der Waals surface area contributed by atoms with Crippen LogP contribution in [0.4, 0.5) is 4.39 Å². The van der Waals surface area contributed by atoms with Crippen LogP contribution in [0.3, 0.4) is 0 Å². The van der Waals surface area contributed by atoms with Crippen LogP contribution in [0.1, 0.15) is 40.0 Å². The highest BCUT2D eigenvalue weighted by Gasteiger charge is 2.11. The number of nitrogens with zero attached hydrogens (tertiary/aromatic N) is 2. The monoisotopic (exact) mass is 413 g/mol. The molecule has 26 heavy (non-hydrogen) atoms. The predicted octanol–water partition coefficient (Wildman–Crippen LogP) is 5.23. The predicted molar refractivity (Wildman–Crippen MR) is 109 cm³/mol. The molecule has 142 valence electrons.